The Hall–Kier alpha value is -2.37. The molecule has 19 heavy (non-hydrogen) atoms. The van der Waals surface area contributed by atoms with Crippen LogP contribution < -0.4 is 5.32 Å². The number of H-pyrrole nitrogens is 1. The van der Waals surface area contributed by atoms with Crippen LogP contribution in [0.3, 0.4) is 0 Å². The van der Waals surface area contributed by atoms with Crippen LogP contribution in [0, 0.1) is 0 Å². The third-order valence-corrected chi connectivity index (χ3v) is 3.37. The first-order valence-corrected chi connectivity index (χ1v) is 6.22. The molecule has 0 aliphatic carbocycles. The van der Waals surface area contributed by atoms with Crippen molar-refractivity contribution in [1.29, 1.82) is 0 Å². The van der Waals surface area contributed by atoms with Gasteiger partial charge in [0, 0.05) is 31.9 Å². The zero-order chi connectivity index (χ0) is 13.2. The Morgan fingerprint density at radius 2 is 2.37 bits per heavy atom. The Morgan fingerprint density at radius 3 is 3.11 bits per heavy atom. The molecule has 1 aliphatic heterocycles. The van der Waals surface area contributed by atoms with E-state index in [2.05, 4.69) is 20.3 Å². The molecule has 0 saturated heterocycles. The molecule has 0 fully saturated rings. The molecule has 2 amide bonds. The van der Waals surface area contributed by atoms with Gasteiger partial charge in [-0.05, 0) is 12.1 Å². The highest BCUT2D eigenvalue weighted by Crippen LogP contribution is 2.31. The number of hydrogen-bond donors (Lipinski definition) is 2. The molecule has 2 aromatic heterocycles. The van der Waals surface area contributed by atoms with Gasteiger partial charge in [0.1, 0.15) is 6.04 Å². The van der Waals surface area contributed by atoms with Gasteiger partial charge in [0.25, 0.3) is 0 Å². The molecule has 3 heterocycles. The maximum atomic E-state index is 12.0. The highest BCUT2D eigenvalue weighted by Gasteiger charge is 2.34. The number of nitrogens with zero attached hydrogens (tertiary/aromatic N) is 3. The van der Waals surface area contributed by atoms with Crippen molar-refractivity contribution >= 4 is 6.03 Å². The maximum absolute atomic E-state index is 12.0. The van der Waals surface area contributed by atoms with Gasteiger partial charge in [-0.1, -0.05) is 6.07 Å². The van der Waals surface area contributed by atoms with Crippen LogP contribution in [0.1, 0.15) is 23.1 Å². The number of hydrogen-bond acceptors (Lipinski definition) is 3. The summed E-state index contributed by atoms with van der Waals surface area (Å²) in [6, 6.07) is 5.37. The van der Waals surface area contributed by atoms with Crippen LogP contribution in [0.2, 0.25) is 0 Å². The van der Waals surface area contributed by atoms with Crippen molar-refractivity contribution in [3.63, 3.8) is 0 Å². The monoisotopic (exact) mass is 257 g/mol. The first-order chi connectivity index (χ1) is 9.31. The van der Waals surface area contributed by atoms with Gasteiger partial charge >= 0.3 is 6.03 Å². The van der Waals surface area contributed by atoms with Gasteiger partial charge in [-0.25, -0.2) is 9.78 Å². The second-order valence-corrected chi connectivity index (χ2v) is 4.42. The molecule has 0 aromatic carbocycles. The van der Waals surface area contributed by atoms with Gasteiger partial charge in [-0.15, -0.1) is 0 Å². The predicted molar refractivity (Wildman–Crippen MR) is 69.5 cm³/mol. The Bertz CT molecular complexity index is 580. The minimum atomic E-state index is -0.226. The molecule has 2 aromatic rings. The van der Waals surface area contributed by atoms with Crippen molar-refractivity contribution in [1.82, 2.24) is 25.2 Å². The standard InChI is InChI=1S/C13H15N5O/c1-14-13(19)18-7-5-9-11(17-8-16-9)12(18)10-4-2-3-6-15-10/h2-4,6,8,12H,5,7H2,1H3,(H,14,19)(H,16,17). The molecule has 2 N–H and O–H groups in total. The minimum Gasteiger partial charge on any atom is -0.348 e. The number of rotatable bonds is 1. The van der Waals surface area contributed by atoms with E-state index in [1.807, 2.05) is 18.2 Å². The van der Waals surface area contributed by atoms with Gasteiger partial charge in [-0.3, -0.25) is 4.98 Å². The lowest BCUT2D eigenvalue weighted by molar-refractivity contribution is 0.179. The van der Waals surface area contributed by atoms with Crippen LogP contribution in [0.25, 0.3) is 0 Å². The molecule has 1 aliphatic rings. The first-order valence-electron chi connectivity index (χ1n) is 6.22. The van der Waals surface area contributed by atoms with Gasteiger partial charge in [0.15, 0.2) is 0 Å². The summed E-state index contributed by atoms with van der Waals surface area (Å²) in [5.41, 5.74) is 2.79. The average molecular weight is 257 g/mol. The number of pyridine rings is 1. The summed E-state index contributed by atoms with van der Waals surface area (Å²) in [5.74, 6) is 0. The Labute approximate surface area is 110 Å². The number of aromatic amines is 1. The molecular formula is C13H15N5O. The molecule has 0 saturated carbocycles. The maximum Gasteiger partial charge on any atom is 0.318 e. The van der Waals surface area contributed by atoms with Gasteiger partial charge < -0.3 is 15.2 Å². The van der Waals surface area contributed by atoms with Crippen molar-refractivity contribution < 1.29 is 4.79 Å². The van der Waals surface area contributed by atoms with Crippen molar-refractivity contribution in [3.8, 4) is 0 Å². The molecule has 0 spiro atoms. The first kappa shape index (κ1) is 11.7. The fraction of sp³-hybridized carbons (Fsp3) is 0.308. The smallest absolute Gasteiger partial charge is 0.318 e. The van der Waals surface area contributed by atoms with Crippen molar-refractivity contribution in [2.45, 2.75) is 12.5 Å². The number of urea groups is 1. The largest absolute Gasteiger partial charge is 0.348 e. The third kappa shape index (κ3) is 1.95. The van der Waals surface area contributed by atoms with Crippen molar-refractivity contribution in [3.05, 3.63) is 47.8 Å². The molecule has 0 radical (unpaired) electrons. The van der Waals surface area contributed by atoms with Gasteiger partial charge in [0.05, 0.1) is 17.7 Å². The lowest BCUT2D eigenvalue weighted by atomic mass is 10.00. The van der Waals surface area contributed by atoms with E-state index in [9.17, 15) is 4.79 Å². The lowest BCUT2D eigenvalue weighted by Gasteiger charge is -2.34. The highest BCUT2D eigenvalue weighted by atomic mass is 16.2. The summed E-state index contributed by atoms with van der Waals surface area (Å²) in [7, 11) is 1.64. The van der Waals surface area contributed by atoms with E-state index in [1.54, 1.807) is 24.5 Å². The number of nitrogens with one attached hydrogen (secondary N) is 2. The summed E-state index contributed by atoms with van der Waals surface area (Å²) in [6.07, 6.45) is 4.19. The fourth-order valence-electron chi connectivity index (χ4n) is 2.48. The fourth-order valence-corrected chi connectivity index (χ4v) is 2.48. The Balaban J connectivity index is 2.07. The zero-order valence-corrected chi connectivity index (χ0v) is 10.6. The molecule has 1 unspecified atom stereocenters. The second-order valence-electron chi connectivity index (χ2n) is 4.42. The van der Waals surface area contributed by atoms with E-state index in [-0.39, 0.29) is 12.1 Å². The van der Waals surface area contributed by atoms with E-state index in [4.69, 9.17) is 0 Å². The number of amides is 2. The summed E-state index contributed by atoms with van der Waals surface area (Å²) in [5, 5.41) is 2.68. The summed E-state index contributed by atoms with van der Waals surface area (Å²) < 4.78 is 0. The van der Waals surface area contributed by atoms with E-state index in [0.29, 0.717) is 6.54 Å². The average Bonchev–Trinajstić information content (AvgIpc) is 2.94. The Morgan fingerprint density at radius 1 is 1.47 bits per heavy atom. The molecular weight excluding hydrogens is 242 g/mol. The highest BCUT2D eigenvalue weighted by molar-refractivity contribution is 5.75. The molecule has 6 nitrogen and oxygen atoms in total. The number of imidazole rings is 1. The van der Waals surface area contributed by atoms with E-state index in [0.717, 1.165) is 23.5 Å². The topological polar surface area (TPSA) is 73.9 Å². The zero-order valence-electron chi connectivity index (χ0n) is 10.6. The minimum absolute atomic E-state index is 0.107. The number of fused-ring (bicyclic) bond motifs is 1. The molecule has 98 valence electrons. The van der Waals surface area contributed by atoms with E-state index < -0.39 is 0 Å². The molecule has 3 rings (SSSR count). The summed E-state index contributed by atoms with van der Waals surface area (Å²) in [6.45, 7) is 0.649. The predicted octanol–water partition coefficient (Wildman–Crippen LogP) is 1.09. The molecule has 6 heteroatoms. The van der Waals surface area contributed by atoms with Crippen LogP contribution in [0.4, 0.5) is 4.79 Å². The van der Waals surface area contributed by atoms with Crippen LogP contribution in [0.5, 0.6) is 0 Å². The SMILES string of the molecule is CNC(=O)N1CCc2[nH]cnc2C1c1ccccn1. The Kier molecular flexibility index (Phi) is 2.91. The molecule has 1 atom stereocenters. The lowest BCUT2D eigenvalue weighted by Crippen LogP contribution is -2.45. The van der Waals surface area contributed by atoms with Crippen LogP contribution in [-0.4, -0.2) is 39.5 Å². The van der Waals surface area contributed by atoms with Crippen molar-refractivity contribution in [2.75, 3.05) is 13.6 Å². The second kappa shape index (κ2) is 4.72. The normalized spacial score (nSPS) is 17.9. The van der Waals surface area contributed by atoms with Crippen LogP contribution in [0.15, 0.2) is 30.7 Å². The molecule has 0 bridgehead atoms. The van der Waals surface area contributed by atoms with Gasteiger partial charge in [-0.2, -0.15) is 0 Å². The third-order valence-electron chi connectivity index (χ3n) is 3.37. The summed E-state index contributed by atoms with van der Waals surface area (Å²) >= 11 is 0. The van der Waals surface area contributed by atoms with E-state index >= 15 is 0 Å². The van der Waals surface area contributed by atoms with Crippen LogP contribution in [-0.2, 0) is 6.42 Å². The van der Waals surface area contributed by atoms with Crippen LogP contribution >= 0.6 is 0 Å². The number of carbonyl (C=O) groups excluding carboxylic acids is 1. The quantitative estimate of drug-likeness (QED) is 0.803. The number of carbonyl (C=O) groups is 1. The van der Waals surface area contributed by atoms with Crippen molar-refractivity contribution in [2.24, 2.45) is 0 Å². The summed E-state index contributed by atoms with van der Waals surface area (Å²) in [4.78, 5) is 25.7. The number of aromatic nitrogens is 3. The van der Waals surface area contributed by atoms with E-state index in [1.165, 1.54) is 0 Å². The van der Waals surface area contributed by atoms with Gasteiger partial charge in [0.2, 0.25) is 0 Å².